The Hall–Kier alpha value is -4.76. The van der Waals surface area contributed by atoms with E-state index in [1.54, 1.807) is 12.3 Å². The maximum Gasteiger partial charge on any atom is 0.313 e. The average molecular weight is 1150 g/mol. The first-order valence-corrected chi connectivity index (χ1v) is 27.1. The van der Waals surface area contributed by atoms with Gasteiger partial charge in [-0.3, -0.25) is 28.8 Å². The second-order valence-corrected chi connectivity index (χ2v) is 17.8. The molecule has 0 unspecified atom stereocenters. The van der Waals surface area contributed by atoms with E-state index < -0.39 is 56.4 Å². The van der Waals surface area contributed by atoms with Gasteiger partial charge in [-0.2, -0.15) is 17.2 Å². The summed E-state index contributed by atoms with van der Waals surface area (Å²) in [7, 11) is -5.65. The monoisotopic (exact) mass is 1150 g/mol. The maximum absolute atomic E-state index is 14.0. The van der Waals surface area contributed by atoms with Crippen LogP contribution < -0.4 is 21.5 Å². The fourth-order valence-electron chi connectivity index (χ4n) is 6.37. The zero-order chi connectivity index (χ0) is 57.2. The third-order valence-corrected chi connectivity index (χ3v) is 11.0. The number of rotatable bonds is 48. The molecule has 1 heterocycles. The zero-order valence-corrected chi connectivity index (χ0v) is 45.4. The number of nitrogens with two attached hydrogens (primary N) is 2. The largest absolute Gasteiger partial charge is 0.420 e. The van der Waals surface area contributed by atoms with E-state index in [0.29, 0.717) is 142 Å². The van der Waals surface area contributed by atoms with Crippen molar-refractivity contribution in [3.63, 3.8) is 0 Å². The van der Waals surface area contributed by atoms with Crippen molar-refractivity contribution in [3.05, 3.63) is 46.3 Å². The number of amides is 2. The molecular formula is C49H78F4N6O18S. The lowest BCUT2D eigenvalue weighted by atomic mass is 10.1. The number of hydrogen-bond donors (Lipinski definition) is 4. The highest BCUT2D eigenvalue weighted by Crippen LogP contribution is 2.32. The smallest absolute Gasteiger partial charge is 0.313 e. The summed E-state index contributed by atoms with van der Waals surface area (Å²) >= 11 is 0. The minimum Gasteiger partial charge on any atom is -0.420 e. The molecule has 0 radical (unpaired) electrons. The van der Waals surface area contributed by atoms with Crippen LogP contribution in [0.2, 0.25) is 0 Å². The molecule has 0 aromatic heterocycles. The first-order valence-electron chi connectivity index (χ1n) is 25.7. The number of halogens is 4. The van der Waals surface area contributed by atoms with E-state index in [1.807, 2.05) is 13.8 Å². The Kier molecular flexibility index (Phi) is 38.3. The summed E-state index contributed by atoms with van der Waals surface area (Å²) in [5, 5.41) is 4.24. The number of hydrogen-bond acceptors (Lipinski definition) is 21. The molecule has 0 fully saturated rings. The molecule has 446 valence electrons. The van der Waals surface area contributed by atoms with E-state index in [0.717, 1.165) is 32.1 Å². The summed E-state index contributed by atoms with van der Waals surface area (Å²) in [6.45, 7) is 11.8. The van der Waals surface area contributed by atoms with Gasteiger partial charge in [0.15, 0.2) is 16.5 Å². The van der Waals surface area contributed by atoms with Gasteiger partial charge < -0.3 is 68.9 Å². The Morgan fingerprint density at radius 1 is 0.667 bits per heavy atom. The minimum atomic E-state index is -5.65. The number of allylic oxidation sites excluding steroid dienone is 2. The van der Waals surface area contributed by atoms with Gasteiger partial charge in [0, 0.05) is 44.3 Å². The predicted octanol–water partition coefficient (Wildman–Crippen LogP) is 3.14. The molecule has 78 heavy (non-hydrogen) atoms. The second kappa shape index (κ2) is 43.1. The lowest BCUT2D eigenvalue weighted by molar-refractivity contribution is -0.180. The van der Waals surface area contributed by atoms with E-state index in [1.165, 1.54) is 5.06 Å². The Labute approximate surface area is 453 Å². The molecule has 0 saturated heterocycles. The highest BCUT2D eigenvalue weighted by Gasteiger charge is 2.34. The molecule has 0 spiro atoms. The van der Waals surface area contributed by atoms with Crippen molar-refractivity contribution in [2.75, 3.05) is 158 Å². The number of carbonyl (C=O) groups excluding carboxylic acids is 3. The maximum atomic E-state index is 14.0. The van der Waals surface area contributed by atoms with Gasteiger partial charge in [-0.05, 0) is 32.3 Å². The summed E-state index contributed by atoms with van der Waals surface area (Å²) < 4.78 is 145. The number of amidine groups is 1. The molecule has 1 aliphatic heterocycles. The summed E-state index contributed by atoms with van der Waals surface area (Å²) in [5.74, 6) is -12.8. The molecule has 1 aromatic carbocycles. The highest BCUT2D eigenvalue weighted by molar-refractivity contribution is 7.85. The van der Waals surface area contributed by atoms with Crippen LogP contribution in [-0.4, -0.2) is 206 Å². The quantitative estimate of drug-likeness (QED) is 0.0106. The minimum absolute atomic E-state index is 0.0180. The fraction of sp³-hybridized carbons (Fsp3) is 0.694. The number of nitrogens with one attached hydrogen (secondary N) is 1. The van der Waals surface area contributed by atoms with Crippen LogP contribution in [0.15, 0.2) is 37.9 Å². The lowest BCUT2D eigenvalue weighted by Gasteiger charge is -2.21. The van der Waals surface area contributed by atoms with Crippen LogP contribution in [0, 0.1) is 23.3 Å². The number of aliphatic imine (C=N–C) groups is 2. The zero-order valence-electron chi connectivity index (χ0n) is 44.6. The van der Waals surface area contributed by atoms with Crippen LogP contribution in [0.1, 0.15) is 65.2 Å². The van der Waals surface area contributed by atoms with Gasteiger partial charge in [0.1, 0.15) is 11.5 Å². The third kappa shape index (κ3) is 31.1. The molecule has 29 heteroatoms. The van der Waals surface area contributed by atoms with Crippen LogP contribution >= 0.6 is 0 Å². The molecule has 0 atom stereocenters. The molecule has 0 bridgehead atoms. The van der Waals surface area contributed by atoms with E-state index in [-0.39, 0.29) is 63.5 Å². The Bertz CT molecular complexity index is 2110. The van der Waals surface area contributed by atoms with Gasteiger partial charge >= 0.3 is 16.1 Å². The Morgan fingerprint density at radius 2 is 1.10 bits per heavy atom. The SMILES string of the molecule is CCCN(OCC)C(=O)C1=CC(N)=C(C=NCCCCCCNC(=O)CCOCCOCCOCCOCCOCCOCCOCCOCCOCCOCCC(=O)Oc2c(F)c(F)c(S(=O)(=O)O)c(F)c2F)N=C(N)C1. The number of benzene rings is 1. The lowest BCUT2D eigenvalue weighted by Crippen LogP contribution is -2.34. The van der Waals surface area contributed by atoms with Crippen molar-refractivity contribution in [2.24, 2.45) is 21.5 Å². The van der Waals surface area contributed by atoms with Gasteiger partial charge in [0.25, 0.3) is 5.91 Å². The Balaban J connectivity index is 1.27. The van der Waals surface area contributed by atoms with E-state index in [4.69, 9.17) is 68.2 Å². The van der Waals surface area contributed by atoms with E-state index in [9.17, 15) is 40.4 Å². The first kappa shape index (κ1) is 69.3. The molecular weight excluding hydrogens is 1070 g/mol. The van der Waals surface area contributed by atoms with Gasteiger partial charge in [-0.15, -0.1) is 0 Å². The molecule has 6 N–H and O–H groups in total. The standard InChI is InChI=1S/C49H78F4N6O18S/c1-3-13-59(76-4-2)49(62)37-34-38(54)39(58-40(55)35-37)36-56-11-7-5-6-8-12-57-41(60)9-14-66-16-18-68-20-22-70-24-26-72-28-30-74-32-33-75-31-29-73-27-25-71-23-21-69-19-17-67-15-10-42(61)77-47-43(50)45(52)48(78(63,64)65)46(53)44(47)51/h34,36H,3-33,35,54H2,1-2H3,(H2,55,58)(H,57,60)(H,63,64,65). The summed E-state index contributed by atoms with van der Waals surface area (Å²) in [5.41, 5.74) is 13.4. The number of ether oxygens (including phenoxy) is 11. The van der Waals surface area contributed by atoms with Crippen molar-refractivity contribution in [3.8, 4) is 5.75 Å². The molecule has 2 rings (SSSR count). The molecule has 1 aromatic rings. The van der Waals surface area contributed by atoms with Crippen molar-refractivity contribution in [2.45, 2.75) is 70.1 Å². The van der Waals surface area contributed by atoms with Crippen LogP contribution in [0.5, 0.6) is 5.75 Å². The van der Waals surface area contributed by atoms with Crippen LogP contribution in [0.3, 0.4) is 0 Å². The third-order valence-electron chi connectivity index (χ3n) is 10.2. The highest BCUT2D eigenvalue weighted by atomic mass is 32.2. The van der Waals surface area contributed by atoms with Gasteiger partial charge in [-0.1, -0.05) is 19.8 Å². The molecule has 0 aliphatic carbocycles. The second-order valence-electron chi connectivity index (χ2n) is 16.4. The Morgan fingerprint density at radius 3 is 1.54 bits per heavy atom. The van der Waals surface area contributed by atoms with Gasteiger partial charge in [-0.25, -0.2) is 18.8 Å². The van der Waals surface area contributed by atoms with Crippen molar-refractivity contribution >= 4 is 40.0 Å². The summed E-state index contributed by atoms with van der Waals surface area (Å²) in [6.07, 6.45) is 7.35. The van der Waals surface area contributed by atoms with E-state index in [2.05, 4.69) is 20.0 Å². The number of esters is 1. The van der Waals surface area contributed by atoms with Crippen molar-refractivity contribution in [1.29, 1.82) is 0 Å². The molecule has 2 amide bonds. The summed E-state index contributed by atoms with van der Waals surface area (Å²) in [6, 6.07) is 0. The van der Waals surface area contributed by atoms with E-state index >= 15 is 0 Å². The van der Waals surface area contributed by atoms with Crippen molar-refractivity contribution < 1.29 is 102 Å². The van der Waals surface area contributed by atoms with Gasteiger partial charge in [0.05, 0.1) is 151 Å². The molecule has 24 nitrogen and oxygen atoms in total. The first-order chi connectivity index (χ1) is 37.6. The topological polar surface area (TPSA) is 308 Å². The number of hydroxylamine groups is 2. The predicted molar refractivity (Wildman–Crippen MR) is 273 cm³/mol. The van der Waals surface area contributed by atoms with Crippen LogP contribution in [0.25, 0.3) is 0 Å². The fourth-order valence-corrected chi connectivity index (χ4v) is 7.01. The van der Waals surface area contributed by atoms with Crippen LogP contribution in [-0.2, 0) is 76.7 Å². The van der Waals surface area contributed by atoms with Crippen LogP contribution in [0.4, 0.5) is 17.6 Å². The number of nitrogens with zero attached hydrogens (tertiary/aromatic N) is 3. The van der Waals surface area contributed by atoms with Crippen molar-refractivity contribution in [1.82, 2.24) is 10.4 Å². The average Bonchev–Trinajstić information content (AvgIpc) is 3.61. The number of unbranched alkanes of at least 4 members (excludes halogenated alkanes) is 3. The number of carbonyl (C=O) groups is 3. The van der Waals surface area contributed by atoms with Gasteiger partial charge in [0.2, 0.25) is 23.3 Å². The molecule has 1 aliphatic rings. The molecule has 0 saturated carbocycles. The normalized spacial score (nSPS) is 13.0. The summed E-state index contributed by atoms with van der Waals surface area (Å²) in [4.78, 5) is 48.9.